The summed E-state index contributed by atoms with van der Waals surface area (Å²) in [5.74, 6) is -1.39. The summed E-state index contributed by atoms with van der Waals surface area (Å²) in [6.45, 7) is 0.260. The van der Waals surface area contributed by atoms with Crippen molar-refractivity contribution in [2.75, 3.05) is 10.8 Å². The summed E-state index contributed by atoms with van der Waals surface area (Å²) >= 11 is 0. The van der Waals surface area contributed by atoms with Gasteiger partial charge in [-0.15, -0.1) is 0 Å². The molecule has 6 nitrogen and oxygen atoms in total. The fourth-order valence-electron chi connectivity index (χ4n) is 3.16. The predicted octanol–water partition coefficient (Wildman–Crippen LogP) is 4.17. The van der Waals surface area contributed by atoms with Crippen molar-refractivity contribution >= 4 is 27.5 Å². The average molecular weight is 438 g/mol. The predicted molar refractivity (Wildman–Crippen MR) is 119 cm³/mol. The van der Waals surface area contributed by atoms with Crippen LogP contribution in [0, 0.1) is 0 Å². The van der Waals surface area contributed by atoms with Gasteiger partial charge in [-0.1, -0.05) is 60.7 Å². The number of nitrogens with zero attached hydrogens (tertiary/aromatic N) is 1. The van der Waals surface area contributed by atoms with Gasteiger partial charge < -0.3 is 5.11 Å². The van der Waals surface area contributed by atoms with Gasteiger partial charge in [0.15, 0.2) is 5.78 Å². The Kier molecular flexibility index (Phi) is 7.20. The molecular formula is C24H23NO5S. The maximum absolute atomic E-state index is 13.4. The van der Waals surface area contributed by atoms with Crippen LogP contribution >= 0.6 is 0 Å². The van der Waals surface area contributed by atoms with E-state index in [0.29, 0.717) is 12.1 Å². The van der Waals surface area contributed by atoms with Crippen molar-refractivity contribution in [1.29, 1.82) is 0 Å². The van der Waals surface area contributed by atoms with E-state index in [9.17, 15) is 18.0 Å². The van der Waals surface area contributed by atoms with Crippen LogP contribution in [0.15, 0.2) is 89.8 Å². The molecule has 0 aliphatic heterocycles. The third kappa shape index (κ3) is 5.79. The van der Waals surface area contributed by atoms with Crippen LogP contribution in [0.25, 0.3) is 0 Å². The molecule has 0 bridgehead atoms. The molecule has 0 saturated heterocycles. The van der Waals surface area contributed by atoms with E-state index >= 15 is 0 Å². The monoisotopic (exact) mass is 437 g/mol. The van der Waals surface area contributed by atoms with Crippen LogP contribution in [-0.4, -0.2) is 31.8 Å². The van der Waals surface area contributed by atoms with Crippen molar-refractivity contribution in [2.45, 2.75) is 24.2 Å². The Labute approximate surface area is 181 Å². The molecule has 0 heterocycles. The van der Waals surface area contributed by atoms with Gasteiger partial charge in [0.2, 0.25) is 0 Å². The number of para-hydroxylation sites is 1. The Morgan fingerprint density at radius 1 is 0.774 bits per heavy atom. The molecule has 0 unspecified atom stereocenters. The molecule has 0 spiro atoms. The SMILES string of the molecule is O=C(O)CCC(=O)c1ccc(S(=O)(=O)N(CCc2ccccc2)c2ccccc2)cc1. The molecule has 0 aliphatic carbocycles. The van der Waals surface area contributed by atoms with E-state index in [1.807, 2.05) is 36.4 Å². The molecule has 7 heteroatoms. The van der Waals surface area contributed by atoms with Crippen molar-refractivity contribution < 1.29 is 23.1 Å². The van der Waals surface area contributed by atoms with Crippen LogP contribution in [0.3, 0.4) is 0 Å². The third-order valence-electron chi connectivity index (χ3n) is 4.82. The lowest BCUT2D eigenvalue weighted by atomic mass is 10.1. The van der Waals surface area contributed by atoms with Crippen LogP contribution in [0.4, 0.5) is 5.69 Å². The molecule has 3 aromatic carbocycles. The summed E-state index contributed by atoms with van der Waals surface area (Å²) in [5, 5.41) is 8.73. The molecule has 3 rings (SSSR count). The van der Waals surface area contributed by atoms with E-state index in [-0.39, 0.29) is 35.6 Å². The first kappa shape index (κ1) is 22.2. The van der Waals surface area contributed by atoms with Gasteiger partial charge in [-0.2, -0.15) is 0 Å². The first-order valence-corrected chi connectivity index (χ1v) is 11.3. The molecule has 0 saturated carbocycles. The lowest BCUT2D eigenvalue weighted by Crippen LogP contribution is -2.33. The number of ketones is 1. The van der Waals surface area contributed by atoms with Crippen LogP contribution in [-0.2, 0) is 21.2 Å². The minimum atomic E-state index is -3.86. The fraction of sp³-hybridized carbons (Fsp3) is 0.167. The van der Waals surface area contributed by atoms with Crippen LogP contribution in [0.1, 0.15) is 28.8 Å². The minimum Gasteiger partial charge on any atom is -0.481 e. The molecule has 0 aliphatic rings. The smallest absolute Gasteiger partial charge is 0.303 e. The zero-order chi connectivity index (χ0) is 22.3. The third-order valence-corrected chi connectivity index (χ3v) is 6.66. The molecule has 0 radical (unpaired) electrons. The van der Waals surface area contributed by atoms with E-state index < -0.39 is 16.0 Å². The van der Waals surface area contributed by atoms with Gasteiger partial charge in [-0.25, -0.2) is 8.42 Å². The van der Waals surface area contributed by atoms with Gasteiger partial charge in [-0.05, 0) is 36.2 Å². The van der Waals surface area contributed by atoms with Gasteiger partial charge in [-0.3, -0.25) is 13.9 Å². The number of benzene rings is 3. The van der Waals surface area contributed by atoms with E-state index in [0.717, 1.165) is 5.56 Å². The normalized spacial score (nSPS) is 11.1. The van der Waals surface area contributed by atoms with Crippen molar-refractivity contribution in [3.63, 3.8) is 0 Å². The lowest BCUT2D eigenvalue weighted by Gasteiger charge is -2.24. The highest BCUT2D eigenvalue weighted by molar-refractivity contribution is 7.92. The molecule has 0 fully saturated rings. The zero-order valence-electron chi connectivity index (χ0n) is 16.8. The Balaban J connectivity index is 1.85. The lowest BCUT2D eigenvalue weighted by molar-refractivity contribution is -0.136. The Hall–Kier alpha value is -3.45. The summed E-state index contributed by atoms with van der Waals surface area (Å²) in [6, 6.07) is 24.2. The Morgan fingerprint density at radius 3 is 1.94 bits per heavy atom. The standard InChI is InChI=1S/C24H23NO5S/c26-23(15-16-24(27)28)20-11-13-22(14-12-20)31(29,30)25(21-9-5-2-6-10-21)18-17-19-7-3-1-4-8-19/h1-14H,15-18H2,(H,27,28). The van der Waals surface area contributed by atoms with Gasteiger partial charge in [0, 0.05) is 18.5 Å². The number of anilines is 1. The molecule has 3 aromatic rings. The molecule has 160 valence electrons. The summed E-state index contributed by atoms with van der Waals surface area (Å²) in [7, 11) is -3.86. The van der Waals surface area contributed by atoms with Gasteiger partial charge >= 0.3 is 5.97 Å². The van der Waals surface area contributed by atoms with Gasteiger partial charge in [0.25, 0.3) is 10.0 Å². The molecule has 0 atom stereocenters. The van der Waals surface area contributed by atoms with E-state index in [1.54, 1.807) is 24.3 Å². The molecule has 1 N–H and O–H groups in total. The number of carboxylic acids is 1. The first-order chi connectivity index (χ1) is 14.9. The number of sulfonamides is 1. The number of carbonyl (C=O) groups excluding carboxylic acids is 1. The van der Waals surface area contributed by atoms with Gasteiger partial charge in [0.1, 0.15) is 0 Å². The van der Waals surface area contributed by atoms with E-state index in [1.165, 1.54) is 28.6 Å². The molecule has 0 aromatic heterocycles. The number of aliphatic carboxylic acids is 1. The highest BCUT2D eigenvalue weighted by Crippen LogP contribution is 2.24. The molecule has 31 heavy (non-hydrogen) atoms. The zero-order valence-corrected chi connectivity index (χ0v) is 17.7. The van der Waals surface area contributed by atoms with Crippen molar-refractivity contribution in [2.24, 2.45) is 0 Å². The second-order valence-corrected chi connectivity index (χ2v) is 8.85. The largest absolute Gasteiger partial charge is 0.481 e. The van der Waals surface area contributed by atoms with Crippen LogP contribution < -0.4 is 4.31 Å². The van der Waals surface area contributed by atoms with Crippen molar-refractivity contribution in [3.8, 4) is 0 Å². The maximum Gasteiger partial charge on any atom is 0.303 e. The second kappa shape index (κ2) is 10.0. The number of carboxylic acid groups (broad SMARTS) is 1. The highest BCUT2D eigenvalue weighted by Gasteiger charge is 2.25. The summed E-state index contributed by atoms with van der Waals surface area (Å²) in [6.07, 6.45) is 0.148. The Bertz CT molecular complexity index is 1130. The molecule has 0 amide bonds. The summed E-state index contributed by atoms with van der Waals surface area (Å²) in [4.78, 5) is 22.8. The topological polar surface area (TPSA) is 91.7 Å². The maximum atomic E-state index is 13.4. The summed E-state index contributed by atoms with van der Waals surface area (Å²) < 4.78 is 28.2. The highest BCUT2D eigenvalue weighted by atomic mass is 32.2. The fourth-order valence-corrected chi connectivity index (χ4v) is 4.63. The average Bonchev–Trinajstić information content (AvgIpc) is 2.79. The minimum absolute atomic E-state index is 0.0687. The van der Waals surface area contributed by atoms with Crippen LogP contribution in [0.2, 0.25) is 0 Å². The summed E-state index contributed by atoms with van der Waals surface area (Å²) in [5.41, 5.74) is 1.87. The van der Waals surface area contributed by atoms with Crippen LogP contribution in [0.5, 0.6) is 0 Å². The number of hydrogen-bond acceptors (Lipinski definition) is 4. The number of hydrogen-bond donors (Lipinski definition) is 1. The van der Waals surface area contributed by atoms with E-state index in [4.69, 9.17) is 5.11 Å². The number of Topliss-reactive ketones (excluding diaryl/α,β-unsaturated/α-hetero) is 1. The number of rotatable bonds is 10. The van der Waals surface area contributed by atoms with Crippen molar-refractivity contribution in [3.05, 3.63) is 96.1 Å². The molecular weight excluding hydrogens is 414 g/mol. The first-order valence-electron chi connectivity index (χ1n) is 9.85. The quantitative estimate of drug-likeness (QED) is 0.481. The van der Waals surface area contributed by atoms with Crippen molar-refractivity contribution in [1.82, 2.24) is 0 Å². The second-order valence-electron chi connectivity index (χ2n) is 6.99. The van der Waals surface area contributed by atoms with E-state index in [2.05, 4.69) is 0 Å². The Morgan fingerprint density at radius 2 is 1.35 bits per heavy atom. The number of carbonyl (C=O) groups is 2. The van der Waals surface area contributed by atoms with Gasteiger partial charge in [0.05, 0.1) is 17.0 Å².